The molecule has 1 heteroatoms. The van der Waals surface area contributed by atoms with E-state index in [4.69, 9.17) is 11.6 Å². The smallest absolute Gasteiger partial charge is 0.0110 e. The highest BCUT2D eigenvalue weighted by molar-refractivity contribution is 6.29. The van der Waals surface area contributed by atoms with Crippen molar-refractivity contribution in [1.29, 1.82) is 0 Å². The van der Waals surface area contributed by atoms with Crippen molar-refractivity contribution in [2.75, 3.05) is 0 Å². The Hall–Kier alpha value is -0.230. The second-order valence-corrected chi connectivity index (χ2v) is 3.20. The lowest BCUT2D eigenvalue weighted by Crippen LogP contribution is -1.69. The van der Waals surface area contributed by atoms with E-state index in [9.17, 15) is 0 Å². The molecule has 0 rings (SSSR count). The zero-order valence-electron chi connectivity index (χ0n) is 7.44. The van der Waals surface area contributed by atoms with Crippen LogP contribution in [0.4, 0.5) is 0 Å². The fourth-order valence-corrected chi connectivity index (χ4v) is 0.930. The lowest BCUT2D eigenvalue weighted by Gasteiger charge is -1.90. The van der Waals surface area contributed by atoms with Gasteiger partial charge in [-0.25, -0.2) is 0 Å². The monoisotopic (exact) mass is 172 g/mol. The van der Waals surface area contributed by atoms with Crippen molar-refractivity contribution in [2.24, 2.45) is 0 Å². The van der Waals surface area contributed by atoms with E-state index in [1.165, 1.54) is 12.8 Å². The molecule has 0 fully saturated rings. The lowest BCUT2D eigenvalue weighted by atomic mass is 10.2. The van der Waals surface area contributed by atoms with Crippen LogP contribution in [-0.4, -0.2) is 0 Å². The Morgan fingerprint density at radius 1 is 1.27 bits per heavy atom. The van der Waals surface area contributed by atoms with Crippen LogP contribution in [0.5, 0.6) is 0 Å². The zero-order valence-corrected chi connectivity index (χ0v) is 8.19. The van der Waals surface area contributed by atoms with Gasteiger partial charge in [-0.05, 0) is 32.6 Å². The Morgan fingerprint density at radius 2 is 2.00 bits per heavy atom. The molecule has 0 amide bonds. The molecule has 0 radical (unpaired) electrons. The van der Waals surface area contributed by atoms with Gasteiger partial charge in [0, 0.05) is 5.03 Å². The third kappa shape index (κ3) is 9.77. The molecular weight excluding hydrogens is 156 g/mol. The third-order valence-corrected chi connectivity index (χ3v) is 1.56. The fourth-order valence-electron chi connectivity index (χ4n) is 0.821. The van der Waals surface area contributed by atoms with E-state index < -0.39 is 0 Å². The summed E-state index contributed by atoms with van der Waals surface area (Å²) in [6.07, 6.45) is 11.1. The molecule has 0 aliphatic rings. The van der Waals surface area contributed by atoms with Gasteiger partial charge in [-0.15, -0.1) is 0 Å². The van der Waals surface area contributed by atoms with E-state index >= 15 is 0 Å². The highest BCUT2D eigenvalue weighted by Crippen LogP contribution is 2.04. The van der Waals surface area contributed by atoms with Crippen LogP contribution in [0.2, 0.25) is 0 Å². The lowest BCUT2D eigenvalue weighted by molar-refractivity contribution is 0.863. The Labute approximate surface area is 74.9 Å². The van der Waals surface area contributed by atoms with Crippen molar-refractivity contribution in [3.8, 4) is 0 Å². The van der Waals surface area contributed by atoms with Crippen LogP contribution in [-0.2, 0) is 0 Å². The van der Waals surface area contributed by atoms with E-state index in [0.717, 1.165) is 17.9 Å². The standard InChI is InChI=1S/C10H17Cl/c1-3-4-5-6-7-8-9-10(2)11/h4-5,9H,3,6-8H2,1-2H3/b5-4-,10-9+. The molecule has 64 valence electrons. The number of halogens is 1. The van der Waals surface area contributed by atoms with Gasteiger partial charge in [0.1, 0.15) is 0 Å². The first kappa shape index (κ1) is 10.8. The molecular formula is C10H17Cl. The molecule has 0 saturated heterocycles. The summed E-state index contributed by atoms with van der Waals surface area (Å²) in [5.41, 5.74) is 0. The van der Waals surface area contributed by atoms with Crippen molar-refractivity contribution >= 4 is 11.6 Å². The summed E-state index contributed by atoms with van der Waals surface area (Å²) in [5.74, 6) is 0. The van der Waals surface area contributed by atoms with Crippen LogP contribution >= 0.6 is 11.6 Å². The SMILES string of the molecule is CC/C=C\CCC/C=C(\C)Cl. The van der Waals surface area contributed by atoms with Gasteiger partial charge in [-0.1, -0.05) is 36.8 Å². The quantitative estimate of drug-likeness (QED) is 0.429. The molecule has 0 aromatic heterocycles. The normalized spacial score (nSPS) is 12.8. The average Bonchev–Trinajstić information content (AvgIpc) is 1.96. The molecule has 0 nitrogen and oxygen atoms in total. The maximum absolute atomic E-state index is 5.66. The minimum Gasteiger partial charge on any atom is -0.0898 e. The second kappa shape index (κ2) is 7.87. The predicted molar refractivity (Wildman–Crippen MR) is 52.9 cm³/mol. The molecule has 0 unspecified atom stereocenters. The number of allylic oxidation sites excluding steroid dienone is 4. The highest BCUT2D eigenvalue weighted by Gasteiger charge is 1.82. The van der Waals surface area contributed by atoms with Crippen LogP contribution in [0, 0.1) is 0 Å². The van der Waals surface area contributed by atoms with Crippen LogP contribution in [0.15, 0.2) is 23.3 Å². The molecule has 11 heavy (non-hydrogen) atoms. The molecule has 0 aromatic rings. The predicted octanol–water partition coefficient (Wildman–Crippen LogP) is 4.27. The van der Waals surface area contributed by atoms with Crippen LogP contribution in [0.3, 0.4) is 0 Å². The molecule has 0 aromatic carbocycles. The summed E-state index contributed by atoms with van der Waals surface area (Å²) < 4.78 is 0. The largest absolute Gasteiger partial charge is 0.0898 e. The second-order valence-electron chi connectivity index (χ2n) is 2.60. The molecule has 0 bridgehead atoms. The van der Waals surface area contributed by atoms with Gasteiger partial charge in [-0.3, -0.25) is 0 Å². The summed E-state index contributed by atoms with van der Waals surface area (Å²) in [6, 6.07) is 0. The Morgan fingerprint density at radius 3 is 2.55 bits per heavy atom. The maximum atomic E-state index is 5.66. The first-order valence-electron chi connectivity index (χ1n) is 4.24. The Kier molecular flexibility index (Phi) is 7.71. The first-order chi connectivity index (χ1) is 5.27. The number of hydrogen-bond donors (Lipinski definition) is 0. The third-order valence-electron chi connectivity index (χ3n) is 1.40. The van der Waals surface area contributed by atoms with E-state index in [1.54, 1.807) is 0 Å². The van der Waals surface area contributed by atoms with E-state index in [2.05, 4.69) is 25.2 Å². The average molecular weight is 173 g/mol. The van der Waals surface area contributed by atoms with Gasteiger partial charge >= 0.3 is 0 Å². The van der Waals surface area contributed by atoms with Crippen LogP contribution < -0.4 is 0 Å². The number of rotatable bonds is 5. The molecule has 0 aliphatic heterocycles. The van der Waals surface area contributed by atoms with Crippen molar-refractivity contribution in [2.45, 2.75) is 39.5 Å². The molecule has 0 aliphatic carbocycles. The van der Waals surface area contributed by atoms with E-state index in [-0.39, 0.29) is 0 Å². The van der Waals surface area contributed by atoms with Crippen LogP contribution in [0.25, 0.3) is 0 Å². The highest BCUT2D eigenvalue weighted by atomic mass is 35.5. The van der Waals surface area contributed by atoms with Gasteiger partial charge in [-0.2, -0.15) is 0 Å². The summed E-state index contributed by atoms with van der Waals surface area (Å²) in [5, 5.41) is 0.907. The molecule has 0 heterocycles. The van der Waals surface area contributed by atoms with Gasteiger partial charge in [0.05, 0.1) is 0 Å². The molecule has 0 spiro atoms. The van der Waals surface area contributed by atoms with Crippen molar-refractivity contribution in [3.05, 3.63) is 23.3 Å². The summed E-state index contributed by atoms with van der Waals surface area (Å²) in [7, 11) is 0. The van der Waals surface area contributed by atoms with E-state index in [0.29, 0.717) is 0 Å². The number of unbranched alkanes of at least 4 members (excludes halogenated alkanes) is 2. The fraction of sp³-hybridized carbons (Fsp3) is 0.600. The van der Waals surface area contributed by atoms with Crippen molar-refractivity contribution in [3.63, 3.8) is 0 Å². The van der Waals surface area contributed by atoms with Gasteiger partial charge < -0.3 is 0 Å². The van der Waals surface area contributed by atoms with Gasteiger partial charge in [0.15, 0.2) is 0 Å². The van der Waals surface area contributed by atoms with Crippen molar-refractivity contribution in [1.82, 2.24) is 0 Å². The van der Waals surface area contributed by atoms with Gasteiger partial charge in [0.2, 0.25) is 0 Å². The Balaban J connectivity index is 3.15. The molecule has 0 N–H and O–H groups in total. The number of hydrogen-bond acceptors (Lipinski definition) is 0. The molecule has 0 saturated carbocycles. The van der Waals surface area contributed by atoms with E-state index in [1.807, 2.05) is 6.92 Å². The zero-order chi connectivity index (χ0) is 8.53. The maximum Gasteiger partial charge on any atom is 0.0110 e. The minimum atomic E-state index is 0.907. The summed E-state index contributed by atoms with van der Waals surface area (Å²) in [6.45, 7) is 4.07. The van der Waals surface area contributed by atoms with Crippen LogP contribution in [0.1, 0.15) is 39.5 Å². The van der Waals surface area contributed by atoms with Gasteiger partial charge in [0.25, 0.3) is 0 Å². The Bertz CT molecular complexity index is 130. The molecule has 0 atom stereocenters. The van der Waals surface area contributed by atoms with Crippen molar-refractivity contribution < 1.29 is 0 Å². The summed E-state index contributed by atoms with van der Waals surface area (Å²) >= 11 is 5.66. The topological polar surface area (TPSA) is 0 Å². The first-order valence-corrected chi connectivity index (χ1v) is 4.62. The minimum absolute atomic E-state index is 0.907. The summed E-state index contributed by atoms with van der Waals surface area (Å²) in [4.78, 5) is 0.